The zero-order chi connectivity index (χ0) is 18.1. The van der Waals surface area contributed by atoms with Crippen molar-refractivity contribution in [3.8, 4) is 17.2 Å². The summed E-state index contributed by atoms with van der Waals surface area (Å²) in [5.74, 6) is -0.689. The summed E-state index contributed by atoms with van der Waals surface area (Å²) in [6, 6.07) is 2.17. The van der Waals surface area contributed by atoms with Crippen LogP contribution in [-0.4, -0.2) is 52.4 Å². The van der Waals surface area contributed by atoms with Crippen LogP contribution in [0.1, 0.15) is 17.3 Å². The molecule has 1 aromatic rings. The minimum atomic E-state index is -0.807. The summed E-state index contributed by atoms with van der Waals surface area (Å²) in [7, 11) is 4.24. The number of amides is 3. The van der Waals surface area contributed by atoms with Gasteiger partial charge in [0.2, 0.25) is 0 Å². The molecule has 0 spiro atoms. The van der Waals surface area contributed by atoms with Gasteiger partial charge in [-0.3, -0.25) is 10.1 Å². The Hall–Kier alpha value is -2.97. The normalized spacial score (nSPS) is 9.67. The van der Waals surface area contributed by atoms with Crippen LogP contribution in [0.5, 0.6) is 17.2 Å². The third-order valence-corrected chi connectivity index (χ3v) is 2.85. The molecule has 0 fully saturated rings. The number of hydrogen-bond donors (Lipinski definition) is 2. The third kappa shape index (κ3) is 5.04. The summed E-state index contributed by atoms with van der Waals surface area (Å²) < 4.78 is 20.2. The summed E-state index contributed by atoms with van der Waals surface area (Å²) in [5, 5.41) is 4.39. The van der Waals surface area contributed by atoms with E-state index in [1.54, 1.807) is 6.92 Å². The highest BCUT2D eigenvalue weighted by Gasteiger charge is 2.20. The number of methoxy groups -OCH3 is 3. The van der Waals surface area contributed by atoms with E-state index in [-0.39, 0.29) is 11.3 Å². The Balaban J connectivity index is 2.80. The summed E-state index contributed by atoms with van der Waals surface area (Å²) in [6.07, 6.45) is 0. The van der Waals surface area contributed by atoms with Gasteiger partial charge in [-0.05, 0) is 6.92 Å². The number of carbonyl (C=O) groups excluding carboxylic acids is 3. The number of imide groups is 1. The lowest BCUT2D eigenvalue weighted by Crippen LogP contribution is -2.41. The van der Waals surface area contributed by atoms with E-state index in [1.165, 1.54) is 33.5 Å². The fourth-order valence-electron chi connectivity index (χ4n) is 1.77. The molecule has 9 nitrogen and oxygen atoms in total. The van der Waals surface area contributed by atoms with E-state index in [0.717, 1.165) is 0 Å². The third-order valence-electron chi connectivity index (χ3n) is 2.85. The van der Waals surface area contributed by atoms with Gasteiger partial charge in [-0.25, -0.2) is 9.59 Å². The highest BCUT2D eigenvalue weighted by molar-refractivity contribution is 5.98. The maximum atomic E-state index is 12.1. The number of urea groups is 1. The second kappa shape index (κ2) is 9.23. The maximum Gasteiger partial charge on any atom is 0.342 e. The van der Waals surface area contributed by atoms with Crippen molar-refractivity contribution in [3.63, 3.8) is 0 Å². The van der Waals surface area contributed by atoms with Crippen LogP contribution in [0.2, 0.25) is 0 Å². The smallest absolute Gasteiger partial charge is 0.342 e. The molecule has 0 saturated carbocycles. The van der Waals surface area contributed by atoms with Crippen LogP contribution < -0.4 is 24.8 Å². The molecule has 1 rings (SSSR count). The minimum absolute atomic E-state index is 0.0564. The SMILES string of the molecule is CCNC(=O)NC(=O)COC(=O)c1cc(OC)c(OC)cc1OC. The number of carbonyl (C=O) groups is 3. The predicted molar refractivity (Wildman–Crippen MR) is 83.6 cm³/mol. The fourth-order valence-corrected chi connectivity index (χ4v) is 1.77. The Labute approximate surface area is 139 Å². The Morgan fingerprint density at radius 1 is 0.958 bits per heavy atom. The van der Waals surface area contributed by atoms with Crippen molar-refractivity contribution in [2.45, 2.75) is 6.92 Å². The molecule has 24 heavy (non-hydrogen) atoms. The van der Waals surface area contributed by atoms with E-state index in [1.807, 2.05) is 5.32 Å². The predicted octanol–water partition coefficient (Wildman–Crippen LogP) is 0.715. The van der Waals surface area contributed by atoms with Gasteiger partial charge in [0, 0.05) is 18.7 Å². The van der Waals surface area contributed by atoms with Gasteiger partial charge < -0.3 is 24.3 Å². The van der Waals surface area contributed by atoms with Crippen molar-refractivity contribution in [3.05, 3.63) is 17.7 Å². The molecule has 1 aromatic carbocycles. The molecule has 2 N–H and O–H groups in total. The van der Waals surface area contributed by atoms with E-state index in [0.29, 0.717) is 18.0 Å². The van der Waals surface area contributed by atoms with Gasteiger partial charge in [0.25, 0.3) is 5.91 Å². The number of esters is 1. The molecule has 0 saturated heterocycles. The standard InChI is InChI=1S/C15H20N2O7/c1-5-16-15(20)17-13(18)8-24-14(19)9-6-11(22-3)12(23-4)7-10(9)21-2/h6-7H,5,8H2,1-4H3,(H2,16,17,18,20). The van der Waals surface area contributed by atoms with Gasteiger partial charge in [0.05, 0.1) is 21.3 Å². The van der Waals surface area contributed by atoms with Crippen molar-refractivity contribution >= 4 is 17.9 Å². The van der Waals surface area contributed by atoms with Crippen LogP contribution in [0.15, 0.2) is 12.1 Å². The van der Waals surface area contributed by atoms with Crippen LogP contribution in [0.3, 0.4) is 0 Å². The summed E-state index contributed by atoms with van der Waals surface area (Å²) >= 11 is 0. The first-order chi connectivity index (χ1) is 11.5. The quantitative estimate of drug-likeness (QED) is 0.703. The maximum absolute atomic E-state index is 12.1. The summed E-state index contributed by atoms with van der Waals surface area (Å²) in [4.78, 5) is 34.8. The summed E-state index contributed by atoms with van der Waals surface area (Å²) in [5.41, 5.74) is 0.0564. The first-order valence-corrected chi connectivity index (χ1v) is 7.01. The Kier molecular flexibility index (Phi) is 7.34. The van der Waals surface area contributed by atoms with Crippen molar-refractivity contribution in [2.24, 2.45) is 0 Å². The number of rotatable bonds is 7. The first kappa shape index (κ1) is 19.1. The average Bonchev–Trinajstić information content (AvgIpc) is 2.58. The van der Waals surface area contributed by atoms with E-state index in [9.17, 15) is 14.4 Å². The molecule has 0 atom stereocenters. The Morgan fingerprint density at radius 2 is 1.54 bits per heavy atom. The topological polar surface area (TPSA) is 112 Å². The number of ether oxygens (including phenoxy) is 4. The molecule has 0 aromatic heterocycles. The van der Waals surface area contributed by atoms with Gasteiger partial charge in [0.15, 0.2) is 18.1 Å². The molecule has 0 aliphatic heterocycles. The van der Waals surface area contributed by atoms with Crippen LogP contribution in [-0.2, 0) is 9.53 Å². The second-order valence-corrected chi connectivity index (χ2v) is 4.39. The number of hydrogen-bond acceptors (Lipinski definition) is 7. The molecule has 3 amide bonds. The molecule has 0 heterocycles. The van der Waals surface area contributed by atoms with Crippen molar-refractivity contribution in [1.82, 2.24) is 10.6 Å². The van der Waals surface area contributed by atoms with Crippen molar-refractivity contribution in [1.29, 1.82) is 0 Å². The highest BCUT2D eigenvalue weighted by Crippen LogP contribution is 2.34. The largest absolute Gasteiger partial charge is 0.496 e. The van der Waals surface area contributed by atoms with Gasteiger partial charge in [-0.1, -0.05) is 0 Å². The first-order valence-electron chi connectivity index (χ1n) is 7.01. The Morgan fingerprint density at radius 3 is 2.08 bits per heavy atom. The van der Waals surface area contributed by atoms with Crippen molar-refractivity contribution < 1.29 is 33.3 Å². The lowest BCUT2D eigenvalue weighted by molar-refractivity contribution is -0.123. The van der Waals surface area contributed by atoms with Gasteiger partial charge in [-0.15, -0.1) is 0 Å². The van der Waals surface area contributed by atoms with E-state index in [4.69, 9.17) is 18.9 Å². The molecular formula is C15H20N2O7. The minimum Gasteiger partial charge on any atom is -0.496 e. The van der Waals surface area contributed by atoms with Crippen LogP contribution >= 0.6 is 0 Å². The van der Waals surface area contributed by atoms with E-state index >= 15 is 0 Å². The van der Waals surface area contributed by atoms with Gasteiger partial charge >= 0.3 is 12.0 Å². The lowest BCUT2D eigenvalue weighted by Gasteiger charge is -2.13. The van der Waals surface area contributed by atoms with Crippen LogP contribution in [0, 0.1) is 0 Å². The Bertz CT molecular complexity index is 616. The van der Waals surface area contributed by atoms with Gasteiger partial charge in [-0.2, -0.15) is 0 Å². The molecule has 0 unspecified atom stereocenters. The van der Waals surface area contributed by atoms with E-state index in [2.05, 4.69) is 5.32 Å². The molecule has 9 heteroatoms. The average molecular weight is 340 g/mol. The fraction of sp³-hybridized carbons (Fsp3) is 0.400. The monoisotopic (exact) mass is 340 g/mol. The van der Waals surface area contributed by atoms with Crippen LogP contribution in [0.4, 0.5) is 4.79 Å². The molecule has 0 aliphatic rings. The highest BCUT2D eigenvalue weighted by atomic mass is 16.5. The zero-order valence-corrected chi connectivity index (χ0v) is 13.9. The number of benzene rings is 1. The van der Waals surface area contributed by atoms with E-state index < -0.39 is 24.5 Å². The zero-order valence-electron chi connectivity index (χ0n) is 13.9. The molecule has 0 radical (unpaired) electrons. The number of nitrogens with one attached hydrogen (secondary N) is 2. The molecule has 0 aliphatic carbocycles. The molecular weight excluding hydrogens is 320 g/mol. The van der Waals surface area contributed by atoms with Crippen molar-refractivity contribution in [2.75, 3.05) is 34.5 Å². The molecule has 0 bridgehead atoms. The lowest BCUT2D eigenvalue weighted by atomic mass is 10.1. The van der Waals surface area contributed by atoms with Crippen LogP contribution in [0.25, 0.3) is 0 Å². The summed E-state index contributed by atoms with van der Waals surface area (Å²) in [6.45, 7) is 1.45. The molecule has 132 valence electrons. The van der Waals surface area contributed by atoms with Gasteiger partial charge in [0.1, 0.15) is 11.3 Å². The second-order valence-electron chi connectivity index (χ2n) is 4.39.